The predicted molar refractivity (Wildman–Crippen MR) is 144 cm³/mol. The fourth-order valence-corrected chi connectivity index (χ4v) is 6.16. The van der Waals surface area contributed by atoms with Crippen molar-refractivity contribution in [3.05, 3.63) is 77.9 Å². The molecule has 0 aliphatic heterocycles. The first kappa shape index (κ1) is 27.6. The molecule has 14 heteroatoms. The monoisotopic (exact) mass is 596 g/mol. The lowest BCUT2D eigenvalue weighted by Gasteiger charge is -2.08. The maximum absolute atomic E-state index is 13.7. The minimum atomic E-state index is -3.78. The summed E-state index contributed by atoms with van der Waals surface area (Å²) in [7, 11) is -11.3. The van der Waals surface area contributed by atoms with Gasteiger partial charge in [0.2, 0.25) is 0 Å². The molecule has 0 bridgehead atoms. The second-order valence-electron chi connectivity index (χ2n) is 8.20. The molecule has 0 aliphatic rings. The maximum atomic E-state index is 13.7. The van der Waals surface area contributed by atoms with Gasteiger partial charge >= 0.3 is 30.4 Å². The Balaban J connectivity index is 1.83. The Morgan fingerprint density at radius 2 is 1.08 bits per heavy atom. The smallest absolute Gasteiger partial charge is 0.306 e. The number of hydrogen-bond donors (Lipinski definition) is 0. The highest BCUT2D eigenvalue weighted by Crippen LogP contribution is 2.42. The first-order valence-electron chi connectivity index (χ1n) is 10.6. The molecule has 0 radical (unpaired) electrons. The van der Waals surface area contributed by atoms with Gasteiger partial charge in [-0.25, -0.2) is 0 Å². The molecule has 0 N–H and O–H groups in total. The molecule has 0 saturated carbocycles. The van der Waals surface area contributed by atoms with Crippen molar-refractivity contribution in [1.82, 2.24) is 0 Å². The van der Waals surface area contributed by atoms with Crippen molar-refractivity contribution >= 4 is 57.6 Å². The lowest BCUT2D eigenvalue weighted by Crippen LogP contribution is -2.07. The first-order valence-corrected chi connectivity index (χ1v) is 16.8. The molecule has 1 heterocycles. The summed E-state index contributed by atoms with van der Waals surface area (Å²) in [4.78, 5) is 14.2. The van der Waals surface area contributed by atoms with Gasteiger partial charge in [0.05, 0.1) is 18.8 Å². The zero-order valence-corrected chi connectivity index (χ0v) is 23.3. The largest absolute Gasteiger partial charge is 0.383 e. The number of thiophene rings is 1. The van der Waals surface area contributed by atoms with Gasteiger partial charge in [0.25, 0.3) is 0 Å². The molecule has 0 atom stereocenters. The van der Waals surface area contributed by atoms with Gasteiger partial charge in [-0.1, -0.05) is 0 Å². The van der Waals surface area contributed by atoms with Crippen LogP contribution < -0.4 is 12.5 Å². The Labute approximate surface area is 223 Å². The summed E-state index contributed by atoms with van der Waals surface area (Å²) in [5, 5.41) is 0.531. The first-order chi connectivity index (χ1) is 17.6. The Morgan fingerprint density at radius 1 is 0.632 bits per heavy atom. The van der Waals surface area contributed by atoms with Gasteiger partial charge in [0.15, 0.2) is 5.78 Å². The van der Waals surface area contributed by atoms with Crippen molar-refractivity contribution in [3.63, 3.8) is 0 Å². The van der Waals surface area contributed by atoms with Gasteiger partial charge < -0.3 is 12.5 Å². The van der Waals surface area contributed by atoms with Gasteiger partial charge in [0, 0.05) is 26.1 Å². The predicted octanol–water partition coefficient (Wildman–Crippen LogP) is 3.81. The summed E-state index contributed by atoms with van der Waals surface area (Å²) in [5.74, 6) is -0.171. The molecular weight excluding hydrogens is 577 g/mol. The van der Waals surface area contributed by atoms with Gasteiger partial charge in [0.1, 0.15) is 17.2 Å². The van der Waals surface area contributed by atoms with E-state index in [1.165, 1.54) is 59.9 Å². The summed E-state index contributed by atoms with van der Waals surface area (Å²) in [6.45, 7) is 0. The Kier molecular flexibility index (Phi) is 7.27. The van der Waals surface area contributed by atoms with E-state index in [1.54, 1.807) is 18.2 Å². The molecule has 0 spiro atoms. The molecule has 0 saturated heterocycles. The van der Waals surface area contributed by atoms with E-state index in [9.17, 15) is 30.0 Å². The van der Waals surface area contributed by atoms with Crippen molar-refractivity contribution in [2.24, 2.45) is 0 Å². The van der Waals surface area contributed by atoms with Crippen LogP contribution in [0.5, 0.6) is 17.2 Å². The lowest BCUT2D eigenvalue weighted by molar-refractivity contribution is 0.104. The van der Waals surface area contributed by atoms with Gasteiger partial charge in [-0.15, -0.1) is 11.3 Å². The van der Waals surface area contributed by atoms with Crippen molar-refractivity contribution in [1.29, 1.82) is 0 Å². The van der Waals surface area contributed by atoms with E-state index in [0.717, 1.165) is 18.8 Å². The zero-order chi connectivity index (χ0) is 27.9. The van der Waals surface area contributed by atoms with Crippen LogP contribution in [0.2, 0.25) is 0 Å². The number of ketones is 1. The second kappa shape index (κ2) is 10.0. The van der Waals surface area contributed by atoms with E-state index in [2.05, 4.69) is 0 Å². The van der Waals surface area contributed by atoms with Crippen LogP contribution in [0, 0.1) is 0 Å². The number of carbonyl (C=O) groups is 1. The number of hydrogen-bond acceptors (Lipinski definition) is 11. The van der Waals surface area contributed by atoms with Gasteiger partial charge in [-0.05, 0) is 72.3 Å². The normalized spacial score (nSPS) is 12.3. The second-order valence-corrected chi connectivity index (χ2v) is 14.0. The van der Waals surface area contributed by atoms with Crippen molar-refractivity contribution in [2.75, 3.05) is 18.8 Å². The van der Waals surface area contributed by atoms with Crippen LogP contribution in [0.1, 0.15) is 15.9 Å². The topological polar surface area (TPSA) is 147 Å². The number of benzene rings is 3. The van der Waals surface area contributed by atoms with Crippen molar-refractivity contribution < 1.29 is 42.6 Å². The Hall–Kier alpha value is -3.46. The minimum absolute atomic E-state index is 0.0449. The highest BCUT2D eigenvalue weighted by atomic mass is 32.2. The minimum Gasteiger partial charge on any atom is -0.383 e. The van der Waals surface area contributed by atoms with Gasteiger partial charge in [-0.3, -0.25) is 4.79 Å². The van der Waals surface area contributed by atoms with E-state index in [-0.39, 0.29) is 28.6 Å². The lowest BCUT2D eigenvalue weighted by atomic mass is 9.97. The quantitative estimate of drug-likeness (QED) is 0.206. The van der Waals surface area contributed by atoms with E-state index < -0.39 is 30.4 Å². The van der Waals surface area contributed by atoms with Crippen LogP contribution in [0.3, 0.4) is 0 Å². The molecule has 0 amide bonds. The van der Waals surface area contributed by atoms with Crippen LogP contribution in [0.4, 0.5) is 0 Å². The van der Waals surface area contributed by atoms with Crippen LogP contribution >= 0.6 is 11.3 Å². The van der Waals surface area contributed by atoms with E-state index in [0.29, 0.717) is 26.1 Å². The fourth-order valence-electron chi connectivity index (χ4n) is 3.55. The van der Waals surface area contributed by atoms with Gasteiger partial charge in [-0.2, -0.15) is 25.3 Å². The summed E-state index contributed by atoms with van der Waals surface area (Å²) >= 11 is 1.21. The summed E-state index contributed by atoms with van der Waals surface area (Å²) in [6, 6.07) is 16.2. The zero-order valence-electron chi connectivity index (χ0n) is 20.1. The third kappa shape index (κ3) is 6.89. The number of fused-ring (bicyclic) bond motifs is 1. The molecule has 0 unspecified atom stereocenters. The molecule has 3 aromatic carbocycles. The fraction of sp³-hybridized carbons (Fsp3) is 0.125. The van der Waals surface area contributed by atoms with Crippen molar-refractivity contribution in [2.45, 2.75) is 0 Å². The van der Waals surface area contributed by atoms with Crippen LogP contribution in [-0.2, 0) is 30.4 Å². The third-order valence-electron chi connectivity index (χ3n) is 4.86. The Morgan fingerprint density at radius 3 is 1.58 bits per heavy atom. The molecule has 4 aromatic rings. The summed E-state index contributed by atoms with van der Waals surface area (Å²) < 4.78 is 84.1. The molecule has 4 rings (SSSR count). The van der Waals surface area contributed by atoms with E-state index in [4.69, 9.17) is 12.5 Å². The average molecular weight is 597 g/mol. The van der Waals surface area contributed by atoms with E-state index >= 15 is 0 Å². The standard InChI is InChI=1S/C24H20O10S4/c1-36(26,27)32-17-8-4-15(5-9-17)23(25)22-20-13-12-19(34-38(3,30)31)14-21(20)35-24(22)16-6-10-18(11-7-16)33-37(2,28)29/h4-14H,1-3H3. The Bertz CT molecular complexity index is 1850. The molecule has 0 aliphatic carbocycles. The highest BCUT2D eigenvalue weighted by Gasteiger charge is 2.23. The molecule has 200 valence electrons. The molecular formula is C24H20O10S4. The van der Waals surface area contributed by atoms with Crippen molar-refractivity contribution in [3.8, 4) is 27.7 Å². The van der Waals surface area contributed by atoms with Crippen LogP contribution in [0.25, 0.3) is 20.5 Å². The number of rotatable bonds is 9. The average Bonchev–Trinajstić information content (AvgIpc) is 3.15. The third-order valence-corrected chi connectivity index (χ3v) is 7.55. The summed E-state index contributed by atoms with van der Waals surface area (Å²) in [6.07, 6.45) is 2.75. The van der Waals surface area contributed by atoms with E-state index in [1.807, 2.05) is 0 Å². The SMILES string of the molecule is CS(=O)(=O)Oc1ccc(C(=O)c2c(-c3ccc(OS(C)(=O)=O)cc3)sc3cc(OS(C)(=O)=O)ccc23)cc1. The molecule has 1 aromatic heterocycles. The number of carbonyl (C=O) groups excluding carboxylic acids is 1. The maximum Gasteiger partial charge on any atom is 0.306 e. The molecule has 10 nitrogen and oxygen atoms in total. The highest BCUT2D eigenvalue weighted by molar-refractivity contribution is 7.86. The molecule has 0 fully saturated rings. The van der Waals surface area contributed by atoms with Crippen LogP contribution in [0.15, 0.2) is 66.7 Å². The van der Waals surface area contributed by atoms with Crippen LogP contribution in [-0.4, -0.2) is 49.8 Å². The summed E-state index contributed by atoms with van der Waals surface area (Å²) in [5.41, 5.74) is 1.14. The molecule has 38 heavy (non-hydrogen) atoms.